The number of anilines is 1. The number of tetrazole rings is 1. The average Bonchev–Trinajstić information content (AvgIpc) is 3.53. The number of H-pyrrole nitrogens is 1. The third-order valence-electron chi connectivity index (χ3n) is 9.26. The van der Waals surface area contributed by atoms with Crippen molar-refractivity contribution in [2.24, 2.45) is 11.3 Å². The summed E-state index contributed by atoms with van der Waals surface area (Å²) in [5.74, 6) is 1.80. The van der Waals surface area contributed by atoms with Crippen molar-refractivity contribution in [3.63, 3.8) is 0 Å². The summed E-state index contributed by atoms with van der Waals surface area (Å²) in [5, 5.41) is 27.7. The summed E-state index contributed by atoms with van der Waals surface area (Å²) in [6, 6.07) is 24.2. The first-order chi connectivity index (χ1) is 21.1. The molecule has 1 heterocycles. The van der Waals surface area contributed by atoms with Crippen LogP contribution in [0.5, 0.6) is 0 Å². The van der Waals surface area contributed by atoms with Gasteiger partial charge in [-0.2, -0.15) is 5.21 Å². The van der Waals surface area contributed by atoms with Gasteiger partial charge in [0, 0.05) is 12.1 Å². The lowest BCUT2D eigenvalue weighted by Crippen LogP contribution is -2.40. The van der Waals surface area contributed by atoms with Crippen molar-refractivity contribution in [1.82, 2.24) is 25.9 Å². The maximum Gasteiger partial charge on any atom is 0.322 e. The lowest BCUT2D eigenvalue weighted by atomic mass is 9.69. The van der Waals surface area contributed by atoms with E-state index in [1.165, 1.54) is 36.8 Å². The van der Waals surface area contributed by atoms with E-state index in [0.717, 1.165) is 28.3 Å². The zero-order chi connectivity index (χ0) is 31.3. The molecule has 1 fully saturated rings. The highest BCUT2D eigenvalue weighted by atomic mass is 16.3. The molecule has 1 aliphatic carbocycles. The molecule has 8 heteroatoms. The van der Waals surface area contributed by atoms with E-state index >= 15 is 0 Å². The molecule has 0 radical (unpaired) electrons. The number of aliphatic hydroxyl groups excluding tert-OH is 1. The number of hydrogen-bond donors (Lipinski definition) is 3. The van der Waals surface area contributed by atoms with Crippen molar-refractivity contribution in [3.8, 4) is 0 Å². The minimum Gasteiger partial charge on any atom is -0.388 e. The molecule has 2 amide bonds. The van der Waals surface area contributed by atoms with Crippen molar-refractivity contribution in [1.29, 1.82) is 0 Å². The Balaban J connectivity index is 1.32. The van der Waals surface area contributed by atoms with Crippen LogP contribution in [0.1, 0.15) is 105 Å². The molecule has 5 rings (SSSR count). The van der Waals surface area contributed by atoms with Gasteiger partial charge in [0.2, 0.25) is 0 Å². The first-order valence-corrected chi connectivity index (χ1v) is 15.8. The highest BCUT2D eigenvalue weighted by molar-refractivity contribution is 5.92. The van der Waals surface area contributed by atoms with E-state index in [9.17, 15) is 9.90 Å². The number of benzene rings is 3. The summed E-state index contributed by atoms with van der Waals surface area (Å²) in [6.07, 6.45) is 4.48. The van der Waals surface area contributed by atoms with Crippen LogP contribution in [-0.2, 0) is 13.0 Å². The van der Waals surface area contributed by atoms with Crippen LogP contribution in [0, 0.1) is 18.3 Å². The second kappa shape index (κ2) is 13.7. The normalized spacial score (nSPS) is 18.4. The minimum absolute atomic E-state index is 0.148. The summed E-state index contributed by atoms with van der Waals surface area (Å²) in [5.41, 5.74) is 6.54. The molecular weight excluding hydrogens is 548 g/mol. The lowest BCUT2D eigenvalue weighted by molar-refractivity contribution is 0.169. The Morgan fingerprint density at radius 2 is 1.59 bits per heavy atom. The van der Waals surface area contributed by atoms with E-state index in [-0.39, 0.29) is 18.5 Å². The summed E-state index contributed by atoms with van der Waals surface area (Å²) < 4.78 is 0. The quantitative estimate of drug-likeness (QED) is 0.185. The predicted molar refractivity (Wildman–Crippen MR) is 174 cm³/mol. The number of aromatic nitrogens is 4. The van der Waals surface area contributed by atoms with Gasteiger partial charge in [-0.1, -0.05) is 92.2 Å². The van der Waals surface area contributed by atoms with E-state index in [2.05, 4.69) is 102 Å². The average molecular weight is 595 g/mol. The number of carbonyl (C=O) groups is 1. The first kappa shape index (κ1) is 31.4. The molecule has 4 aromatic rings. The molecule has 1 saturated carbocycles. The van der Waals surface area contributed by atoms with Gasteiger partial charge in [-0.25, -0.2) is 4.79 Å². The fourth-order valence-electron chi connectivity index (χ4n) is 6.29. The Morgan fingerprint density at radius 1 is 0.955 bits per heavy atom. The van der Waals surface area contributed by atoms with Crippen LogP contribution in [0.25, 0.3) is 0 Å². The number of aromatic amines is 1. The number of aliphatic hydroxyl groups is 1. The van der Waals surface area contributed by atoms with Crippen molar-refractivity contribution in [2.45, 2.75) is 91.3 Å². The van der Waals surface area contributed by atoms with Crippen LogP contribution in [0.3, 0.4) is 0 Å². The Bertz CT molecular complexity index is 1470. The van der Waals surface area contributed by atoms with E-state index in [0.29, 0.717) is 23.7 Å². The van der Waals surface area contributed by atoms with E-state index < -0.39 is 6.10 Å². The maximum absolute atomic E-state index is 13.8. The van der Waals surface area contributed by atoms with Crippen LogP contribution in [-0.4, -0.2) is 31.8 Å². The van der Waals surface area contributed by atoms with Gasteiger partial charge in [-0.05, 0) is 91.2 Å². The minimum atomic E-state index is -0.748. The van der Waals surface area contributed by atoms with Gasteiger partial charge in [0.1, 0.15) is 0 Å². The van der Waals surface area contributed by atoms with E-state index in [1.54, 1.807) is 4.90 Å². The van der Waals surface area contributed by atoms with Crippen LogP contribution in [0.2, 0.25) is 0 Å². The fraction of sp³-hybridized carbons (Fsp3) is 0.444. The molecule has 8 nitrogen and oxygen atoms in total. The molecular formula is C36H46N6O2. The number of urea groups is 1. The van der Waals surface area contributed by atoms with Gasteiger partial charge in [-0.15, -0.1) is 10.2 Å². The predicted octanol–water partition coefficient (Wildman–Crippen LogP) is 7.58. The molecule has 0 aliphatic heterocycles. The molecule has 0 bridgehead atoms. The van der Waals surface area contributed by atoms with Crippen molar-refractivity contribution in [3.05, 3.63) is 106 Å². The molecule has 3 N–H and O–H groups in total. The van der Waals surface area contributed by atoms with E-state index in [4.69, 9.17) is 0 Å². The van der Waals surface area contributed by atoms with Gasteiger partial charge < -0.3 is 10.4 Å². The number of amides is 2. The monoisotopic (exact) mass is 594 g/mol. The van der Waals surface area contributed by atoms with E-state index in [1.807, 2.05) is 31.2 Å². The fourth-order valence-corrected chi connectivity index (χ4v) is 6.29. The van der Waals surface area contributed by atoms with Gasteiger partial charge >= 0.3 is 6.03 Å². The topological polar surface area (TPSA) is 107 Å². The third-order valence-corrected chi connectivity index (χ3v) is 9.26. The summed E-state index contributed by atoms with van der Waals surface area (Å²) >= 11 is 0. The third kappa shape index (κ3) is 7.91. The Kier molecular flexibility index (Phi) is 9.79. The Hall–Kier alpha value is -4.04. The summed E-state index contributed by atoms with van der Waals surface area (Å²) in [6.45, 7) is 11.5. The number of nitrogens with zero attached hydrogens (tertiary/aromatic N) is 4. The second-order valence-electron chi connectivity index (χ2n) is 13.5. The number of carbonyl (C=O) groups excluding carboxylic acids is 1. The summed E-state index contributed by atoms with van der Waals surface area (Å²) in [4.78, 5) is 15.6. The first-order valence-electron chi connectivity index (χ1n) is 15.8. The highest BCUT2D eigenvalue weighted by Crippen LogP contribution is 2.43. The lowest BCUT2D eigenvalue weighted by Gasteiger charge is -2.37. The van der Waals surface area contributed by atoms with Crippen molar-refractivity contribution >= 4 is 11.7 Å². The van der Waals surface area contributed by atoms with Crippen LogP contribution in [0.15, 0.2) is 72.8 Å². The molecule has 1 aromatic heterocycles. The highest BCUT2D eigenvalue weighted by Gasteiger charge is 2.30. The standard InChI is InChI=1S/C36H46N6O2/c1-24-6-10-27(11-7-24)25(2)37-35(44)42(23-26-8-12-30(13-9-26)33(43)22-34-38-40-41-39-34)32-20-16-29(17-21-32)28-14-18-31(19-15-28)36(3,4)5/h6-13,16-17,20-21,25,28,31,33,43H,14-15,18-19,22-23H2,1-5H3,(H,37,44)(H,38,39,40,41). The van der Waals surface area contributed by atoms with Gasteiger partial charge in [-0.3, -0.25) is 4.90 Å². The summed E-state index contributed by atoms with van der Waals surface area (Å²) in [7, 11) is 0. The van der Waals surface area contributed by atoms with Crippen molar-refractivity contribution < 1.29 is 9.90 Å². The Morgan fingerprint density at radius 3 is 2.18 bits per heavy atom. The number of aryl methyl sites for hydroxylation is 1. The zero-order valence-corrected chi connectivity index (χ0v) is 26.6. The van der Waals surface area contributed by atoms with Crippen LogP contribution < -0.4 is 10.2 Å². The van der Waals surface area contributed by atoms with Crippen LogP contribution >= 0.6 is 0 Å². The molecule has 232 valence electrons. The zero-order valence-electron chi connectivity index (χ0n) is 26.6. The molecule has 2 unspecified atom stereocenters. The van der Waals surface area contributed by atoms with Crippen molar-refractivity contribution in [2.75, 3.05) is 4.90 Å². The SMILES string of the molecule is Cc1ccc(C(C)NC(=O)N(Cc2ccc(C(O)Cc3nn[nH]n3)cc2)c2ccc(C3CCC(C(C)(C)C)CC3)cc2)cc1. The molecule has 3 aromatic carbocycles. The number of nitrogens with one attached hydrogen (secondary N) is 2. The Labute approximate surface area is 261 Å². The van der Waals surface area contributed by atoms with Gasteiger partial charge in [0.15, 0.2) is 5.82 Å². The second-order valence-corrected chi connectivity index (χ2v) is 13.5. The molecule has 0 saturated heterocycles. The number of hydrogen-bond acceptors (Lipinski definition) is 5. The largest absolute Gasteiger partial charge is 0.388 e. The number of rotatable bonds is 9. The smallest absolute Gasteiger partial charge is 0.322 e. The molecule has 0 spiro atoms. The van der Waals surface area contributed by atoms with Gasteiger partial charge in [0.05, 0.1) is 18.7 Å². The molecule has 44 heavy (non-hydrogen) atoms. The van der Waals surface area contributed by atoms with Gasteiger partial charge in [0.25, 0.3) is 0 Å². The molecule has 2 atom stereocenters. The van der Waals surface area contributed by atoms with Crippen LogP contribution in [0.4, 0.5) is 10.5 Å². The molecule has 1 aliphatic rings. The maximum atomic E-state index is 13.8.